The van der Waals surface area contributed by atoms with E-state index in [0.717, 1.165) is 21.9 Å². The lowest BCUT2D eigenvalue weighted by Gasteiger charge is -2.28. The van der Waals surface area contributed by atoms with E-state index in [4.69, 9.17) is 4.74 Å². The third-order valence-corrected chi connectivity index (χ3v) is 6.40. The van der Waals surface area contributed by atoms with Crippen LogP contribution < -0.4 is 25.0 Å². The van der Waals surface area contributed by atoms with Crippen molar-refractivity contribution in [3.63, 3.8) is 0 Å². The van der Waals surface area contributed by atoms with Gasteiger partial charge in [-0.2, -0.15) is 0 Å². The summed E-state index contributed by atoms with van der Waals surface area (Å²) in [6.07, 6.45) is 0. The lowest BCUT2D eigenvalue weighted by Crippen LogP contribution is -2.39. The highest BCUT2D eigenvalue weighted by molar-refractivity contribution is 7.18. The second-order valence-corrected chi connectivity index (χ2v) is 10.3. The minimum Gasteiger partial charge on any atom is -0.494 e. The number of benzene rings is 2. The van der Waals surface area contributed by atoms with Gasteiger partial charge in [-0.1, -0.05) is 11.2 Å². The molecule has 2 aromatic carbocycles. The average molecular weight is 511 g/mol. The van der Waals surface area contributed by atoms with E-state index in [1.807, 2.05) is 27.0 Å². The van der Waals surface area contributed by atoms with Crippen molar-refractivity contribution in [1.82, 2.24) is 5.10 Å². The number of hydrogen-bond acceptors (Lipinski definition) is 8. The first-order chi connectivity index (χ1) is 17.0. The van der Waals surface area contributed by atoms with Crippen LogP contribution in [0.4, 0.5) is 33.0 Å². The number of carbonyl (C=O) groups excluding carboxylic acids is 1. The van der Waals surface area contributed by atoms with Crippen molar-refractivity contribution < 1.29 is 14.2 Å². The number of methoxy groups -OCH3 is 1. The number of ether oxygens (including phenoxy) is 1. The number of carbonyl (C=O) groups is 1. The number of aromatic nitrogens is 2. The molecule has 192 valence electrons. The molecule has 3 aromatic rings. The molecule has 0 fully saturated rings. The number of rotatable bonds is 9. The molecule has 1 heterocycles. The topological polar surface area (TPSA) is 95.1 Å². The maximum absolute atomic E-state index is 12.0. The molecule has 0 saturated heterocycles. The van der Waals surface area contributed by atoms with Crippen LogP contribution in [0.25, 0.3) is 0 Å². The van der Waals surface area contributed by atoms with Gasteiger partial charge >= 0.3 is 5.13 Å². The maximum Gasteiger partial charge on any atom is 0.431 e. The summed E-state index contributed by atoms with van der Waals surface area (Å²) in [5.74, 6) is 0.376. The molecule has 3 rings (SSSR count). The van der Waals surface area contributed by atoms with Gasteiger partial charge in [0, 0.05) is 30.8 Å². The van der Waals surface area contributed by atoms with Crippen LogP contribution in [-0.4, -0.2) is 30.2 Å². The number of nitrogens with zero attached hydrogens (tertiary/aromatic N) is 5. The van der Waals surface area contributed by atoms with Crippen molar-refractivity contribution in [1.29, 1.82) is 0 Å². The molecule has 0 radical (unpaired) electrons. The predicted molar refractivity (Wildman–Crippen MR) is 147 cm³/mol. The Morgan fingerprint density at radius 1 is 1.03 bits per heavy atom. The van der Waals surface area contributed by atoms with E-state index in [1.54, 1.807) is 17.9 Å². The van der Waals surface area contributed by atoms with Crippen LogP contribution in [0.2, 0.25) is 0 Å². The summed E-state index contributed by atoms with van der Waals surface area (Å²) < 4.78 is 7.36. The van der Waals surface area contributed by atoms with E-state index in [2.05, 4.69) is 76.8 Å². The Hall–Kier alpha value is -3.53. The molecule has 0 saturated carbocycles. The zero-order valence-corrected chi connectivity index (χ0v) is 23.3. The van der Waals surface area contributed by atoms with Gasteiger partial charge in [-0.25, -0.2) is 0 Å². The highest BCUT2D eigenvalue weighted by Gasteiger charge is 2.24. The van der Waals surface area contributed by atoms with E-state index >= 15 is 0 Å². The molecule has 0 spiro atoms. The van der Waals surface area contributed by atoms with Crippen molar-refractivity contribution in [2.75, 3.05) is 22.6 Å². The van der Waals surface area contributed by atoms with Gasteiger partial charge in [0.2, 0.25) is 11.0 Å². The number of aryl methyl sites for hydroxylation is 3. The summed E-state index contributed by atoms with van der Waals surface area (Å²) in [6, 6.07) is 10.4. The fourth-order valence-corrected chi connectivity index (χ4v) is 5.18. The second-order valence-electron chi connectivity index (χ2n) is 9.34. The van der Waals surface area contributed by atoms with E-state index < -0.39 is 0 Å². The van der Waals surface area contributed by atoms with Gasteiger partial charge < -0.3 is 20.3 Å². The first-order valence-corrected chi connectivity index (χ1v) is 12.7. The lowest BCUT2D eigenvalue weighted by molar-refractivity contribution is -0.712. The molecule has 9 nitrogen and oxygen atoms in total. The molecule has 10 heteroatoms. The van der Waals surface area contributed by atoms with E-state index in [0.29, 0.717) is 40.0 Å². The molecule has 0 unspecified atom stereocenters. The third-order valence-electron chi connectivity index (χ3n) is 5.40. The summed E-state index contributed by atoms with van der Waals surface area (Å²) in [5, 5.41) is 21.4. The number of amides is 1. The monoisotopic (exact) mass is 510 g/mol. The number of hydrogen-bond donors (Lipinski definition) is 2. The molecule has 1 amide bonds. The molecule has 0 aliphatic rings. The summed E-state index contributed by atoms with van der Waals surface area (Å²) >= 11 is 1.47. The minimum absolute atomic E-state index is 0.205. The minimum atomic E-state index is -0.205. The first kappa shape index (κ1) is 27.1. The smallest absolute Gasteiger partial charge is 0.431 e. The molecule has 0 atom stereocenters. The number of azo groups is 1. The lowest BCUT2D eigenvalue weighted by atomic mass is 10.1. The van der Waals surface area contributed by atoms with Gasteiger partial charge in [-0.15, -0.1) is 4.68 Å². The van der Waals surface area contributed by atoms with Crippen LogP contribution >= 0.6 is 11.3 Å². The molecular formula is C26H36N7O2S+. The van der Waals surface area contributed by atoms with Crippen LogP contribution in [0.1, 0.15) is 45.7 Å². The molecule has 0 aliphatic carbocycles. The van der Waals surface area contributed by atoms with E-state index in [9.17, 15) is 4.79 Å². The summed E-state index contributed by atoms with van der Waals surface area (Å²) in [5.41, 5.74) is 4.94. The normalized spacial score (nSPS) is 11.4. The molecule has 1 aromatic heterocycles. The molecule has 36 heavy (non-hydrogen) atoms. The van der Waals surface area contributed by atoms with Gasteiger partial charge in [0.1, 0.15) is 18.5 Å². The summed E-state index contributed by atoms with van der Waals surface area (Å²) in [7, 11) is 3.45. The Balaban J connectivity index is 2.00. The maximum atomic E-state index is 12.0. The Bertz CT molecular complexity index is 1240. The second kappa shape index (κ2) is 11.5. The van der Waals surface area contributed by atoms with Crippen LogP contribution in [-0.2, 0) is 11.8 Å². The van der Waals surface area contributed by atoms with Crippen molar-refractivity contribution >= 4 is 50.3 Å². The Kier molecular flexibility index (Phi) is 8.62. The molecule has 0 bridgehead atoms. The zero-order valence-electron chi connectivity index (χ0n) is 22.5. The highest BCUT2D eigenvalue weighted by Crippen LogP contribution is 2.39. The molecule has 0 aliphatic heterocycles. The van der Waals surface area contributed by atoms with E-state index in [1.165, 1.54) is 18.3 Å². The molecular weight excluding hydrogens is 474 g/mol. The van der Waals surface area contributed by atoms with Gasteiger partial charge in [0.25, 0.3) is 0 Å². The Morgan fingerprint density at radius 3 is 2.22 bits per heavy atom. The Morgan fingerprint density at radius 2 is 1.67 bits per heavy atom. The van der Waals surface area contributed by atoms with Gasteiger partial charge in [-0.05, 0) is 87.3 Å². The molecule has 2 N–H and O–H groups in total. The third kappa shape index (κ3) is 6.57. The van der Waals surface area contributed by atoms with Crippen molar-refractivity contribution in [2.24, 2.45) is 17.3 Å². The number of nitrogens with one attached hydrogen (secondary N) is 2. The van der Waals surface area contributed by atoms with Gasteiger partial charge in [-0.3, -0.25) is 4.79 Å². The van der Waals surface area contributed by atoms with Crippen LogP contribution in [0, 0.1) is 13.8 Å². The standard InChI is InChI=1S/C26H35N7O2S/c1-15(2)33(16(3)4)26-31-32(8)25(36-26)30-29-22-14-24(35-9)23(13-21(22)27-19(7)34)28-20-11-17(5)10-18(6)12-20/h10-16H,1-9H3,(H,27,28,34)/p+1. The van der Waals surface area contributed by atoms with E-state index in [-0.39, 0.29) is 5.91 Å². The average Bonchev–Trinajstić information content (AvgIpc) is 3.11. The zero-order chi connectivity index (χ0) is 26.6. The van der Waals surface area contributed by atoms with Crippen molar-refractivity contribution in [3.8, 4) is 5.75 Å². The van der Waals surface area contributed by atoms with Crippen LogP contribution in [0.3, 0.4) is 0 Å². The van der Waals surface area contributed by atoms with Crippen LogP contribution in [0.5, 0.6) is 5.75 Å². The number of anilines is 4. The van der Waals surface area contributed by atoms with Crippen molar-refractivity contribution in [2.45, 2.75) is 60.5 Å². The highest BCUT2D eigenvalue weighted by atomic mass is 32.1. The summed E-state index contributed by atoms with van der Waals surface area (Å²) in [4.78, 5) is 14.2. The van der Waals surface area contributed by atoms with Crippen LogP contribution in [0.15, 0.2) is 40.6 Å². The fourth-order valence-electron chi connectivity index (χ4n) is 4.07. The van der Waals surface area contributed by atoms with Crippen molar-refractivity contribution in [3.05, 3.63) is 41.5 Å². The summed E-state index contributed by atoms with van der Waals surface area (Å²) in [6.45, 7) is 14.1. The predicted octanol–water partition coefficient (Wildman–Crippen LogP) is 6.33. The van der Waals surface area contributed by atoms with Gasteiger partial charge in [0.05, 0.1) is 23.6 Å². The van der Waals surface area contributed by atoms with Gasteiger partial charge in [0.15, 0.2) is 0 Å². The quantitative estimate of drug-likeness (QED) is 0.259. The SMILES string of the molecule is COc1cc(N=Nc2sc(N(C(C)C)C(C)C)n[n+]2C)c(NC(C)=O)cc1Nc1cc(C)cc(C)c1. The largest absolute Gasteiger partial charge is 0.494 e. The Labute approximate surface area is 217 Å². The fraction of sp³-hybridized carbons (Fsp3) is 0.423. The first-order valence-electron chi connectivity index (χ1n) is 11.9.